The van der Waals surface area contributed by atoms with Crippen LogP contribution in [0.2, 0.25) is 0 Å². The molecule has 2 unspecified atom stereocenters. The minimum absolute atomic E-state index is 0.146. The first-order valence-electron chi connectivity index (χ1n) is 6.91. The average molecular weight is 251 g/mol. The lowest BCUT2D eigenvalue weighted by molar-refractivity contribution is 0.219. The monoisotopic (exact) mass is 251 g/mol. The molecule has 1 N–H and O–H groups in total. The summed E-state index contributed by atoms with van der Waals surface area (Å²) in [6.07, 6.45) is 4.49. The van der Waals surface area contributed by atoms with Crippen molar-refractivity contribution in [3.8, 4) is 5.75 Å². The van der Waals surface area contributed by atoms with Gasteiger partial charge in [0.2, 0.25) is 0 Å². The van der Waals surface area contributed by atoms with Gasteiger partial charge >= 0.3 is 0 Å². The van der Waals surface area contributed by atoms with Gasteiger partial charge in [0, 0.05) is 24.6 Å². The van der Waals surface area contributed by atoms with Crippen LogP contribution < -0.4 is 10.1 Å². The molecule has 1 aromatic rings. The number of ether oxygens (including phenoxy) is 1. The van der Waals surface area contributed by atoms with Crippen molar-refractivity contribution in [1.82, 2.24) is 5.32 Å². The smallest absolute Gasteiger partial charge is 0.123 e. The highest BCUT2D eigenvalue weighted by atomic mass is 19.1. The van der Waals surface area contributed by atoms with Crippen LogP contribution in [0.1, 0.15) is 38.7 Å². The molecule has 1 aliphatic rings. The second-order valence-electron chi connectivity index (χ2n) is 5.00. The van der Waals surface area contributed by atoms with Crippen LogP contribution in [0.15, 0.2) is 18.2 Å². The molecule has 0 amide bonds. The van der Waals surface area contributed by atoms with Gasteiger partial charge in [-0.05, 0) is 31.0 Å². The zero-order valence-electron chi connectivity index (χ0n) is 11.2. The number of hydrogen-bond donors (Lipinski definition) is 1. The van der Waals surface area contributed by atoms with Gasteiger partial charge in [0.1, 0.15) is 17.7 Å². The Morgan fingerprint density at radius 2 is 2.28 bits per heavy atom. The lowest BCUT2D eigenvalue weighted by Crippen LogP contribution is -2.37. The SMILES string of the molecule is CCCC(CC)NCC1Cc2cc(F)ccc2O1. The van der Waals surface area contributed by atoms with E-state index in [0.717, 1.165) is 30.7 Å². The average Bonchev–Trinajstić information content (AvgIpc) is 2.76. The zero-order chi connectivity index (χ0) is 13.0. The minimum atomic E-state index is -0.177. The summed E-state index contributed by atoms with van der Waals surface area (Å²) in [4.78, 5) is 0. The van der Waals surface area contributed by atoms with Gasteiger partial charge in [-0.3, -0.25) is 0 Å². The Hall–Kier alpha value is -1.09. The first-order valence-corrected chi connectivity index (χ1v) is 6.91. The van der Waals surface area contributed by atoms with E-state index in [2.05, 4.69) is 19.2 Å². The van der Waals surface area contributed by atoms with Gasteiger partial charge in [-0.25, -0.2) is 4.39 Å². The maximum atomic E-state index is 13.1. The molecule has 0 saturated heterocycles. The Kier molecular flexibility index (Phi) is 4.59. The number of nitrogens with one attached hydrogen (secondary N) is 1. The van der Waals surface area contributed by atoms with E-state index in [9.17, 15) is 4.39 Å². The van der Waals surface area contributed by atoms with Crippen LogP contribution in [0.4, 0.5) is 4.39 Å². The fraction of sp³-hybridized carbons (Fsp3) is 0.600. The van der Waals surface area contributed by atoms with Crippen molar-refractivity contribution in [3.63, 3.8) is 0 Å². The normalized spacial score (nSPS) is 19.4. The van der Waals surface area contributed by atoms with Crippen molar-refractivity contribution in [2.45, 2.75) is 51.7 Å². The van der Waals surface area contributed by atoms with Gasteiger partial charge in [-0.2, -0.15) is 0 Å². The summed E-state index contributed by atoms with van der Waals surface area (Å²) in [5.41, 5.74) is 0.991. The predicted molar refractivity (Wildman–Crippen MR) is 71.5 cm³/mol. The van der Waals surface area contributed by atoms with Crippen molar-refractivity contribution in [2.24, 2.45) is 0 Å². The molecule has 0 spiro atoms. The molecule has 18 heavy (non-hydrogen) atoms. The van der Waals surface area contributed by atoms with Crippen LogP contribution in [0.3, 0.4) is 0 Å². The highest BCUT2D eigenvalue weighted by Gasteiger charge is 2.23. The lowest BCUT2D eigenvalue weighted by atomic mass is 10.1. The van der Waals surface area contributed by atoms with Crippen LogP contribution in [0.25, 0.3) is 0 Å². The number of hydrogen-bond acceptors (Lipinski definition) is 2. The van der Waals surface area contributed by atoms with Crippen LogP contribution in [-0.4, -0.2) is 18.7 Å². The van der Waals surface area contributed by atoms with Crippen molar-refractivity contribution in [3.05, 3.63) is 29.6 Å². The number of halogens is 1. The van der Waals surface area contributed by atoms with E-state index in [-0.39, 0.29) is 11.9 Å². The molecular formula is C15H22FNO. The summed E-state index contributed by atoms with van der Waals surface area (Å²) in [5.74, 6) is 0.662. The Morgan fingerprint density at radius 1 is 1.44 bits per heavy atom. The molecule has 2 atom stereocenters. The molecule has 0 radical (unpaired) electrons. The second-order valence-corrected chi connectivity index (χ2v) is 5.00. The molecule has 1 aliphatic heterocycles. The molecule has 0 fully saturated rings. The van der Waals surface area contributed by atoms with Gasteiger partial charge in [-0.1, -0.05) is 20.3 Å². The Morgan fingerprint density at radius 3 is 3.00 bits per heavy atom. The maximum absolute atomic E-state index is 13.1. The highest BCUT2D eigenvalue weighted by molar-refractivity contribution is 5.37. The molecule has 0 bridgehead atoms. The van der Waals surface area contributed by atoms with Crippen molar-refractivity contribution in [1.29, 1.82) is 0 Å². The van der Waals surface area contributed by atoms with Crippen molar-refractivity contribution < 1.29 is 9.13 Å². The molecule has 100 valence electrons. The van der Waals surface area contributed by atoms with Crippen LogP contribution in [-0.2, 0) is 6.42 Å². The largest absolute Gasteiger partial charge is 0.488 e. The van der Waals surface area contributed by atoms with Crippen molar-refractivity contribution in [2.75, 3.05) is 6.54 Å². The van der Waals surface area contributed by atoms with Gasteiger partial charge in [0.15, 0.2) is 0 Å². The van der Waals surface area contributed by atoms with E-state index in [1.807, 2.05) is 0 Å². The van der Waals surface area contributed by atoms with Crippen molar-refractivity contribution >= 4 is 0 Å². The van der Waals surface area contributed by atoms with E-state index in [0.29, 0.717) is 6.04 Å². The number of rotatable bonds is 6. The van der Waals surface area contributed by atoms with E-state index >= 15 is 0 Å². The third-order valence-electron chi connectivity index (χ3n) is 3.53. The number of benzene rings is 1. The molecule has 3 heteroatoms. The Balaban J connectivity index is 1.84. The topological polar surface area (TPSA) is 21.3 Å². The summed E-state index contributed by atoms with van der Waals surface area (Å²) in [7, 11) is 0. The van der Waals surface area contributed by atoms with Gasteiger partial charge < -0.3 is 10.1 Å². The van der Waals surface area contributed by atoms with E-state index in [1.165, 1.54) is 18.9 Å². The first kappa shape index (κ1) is 13.3. The highest BCUT2D eigenvalue weighted by Crippen LogP contribution is 2.29. The summed E-state index contributed by atoms with van der Waals surface area (Å²) in [5, 5.41) is 3.54. The zero-order valence-corrected chi connectivity index (χ0v) is 11.2. The standard InChI is InChI=1S/C15H22FNO/c1-3-5-13(4-2)17-10-14-9-11-8-12(16)6-7-15(11)18-14/h6-8,13-14,17H,3-5,9-10H2,1-2H3. The first-order chi connectivity index (χ1) is 8.72. The molecule has 0 aliphatic carbocycles. The summed E-state index contributed by atoms with van der Waals surface area (Å²) >= 11 is 0. The fourth-order valence-corrected chi connectivity index (χ4v) is 2.50. The lowest BCUT2D eigenvalue weighted by Gasteiger charge is -2.19. The van der Waals surface area contributed by atoms with Crippen LogP contribution in [0.5, 0.6) is 5.75 Å². The molecule has 2 rings (SSSR count). The summed E-state index contributed by atoms with van der Waals surface area (Å²) in [6, 6.07) is 5.34. The van der Waals surface area contributed by atoms with Crippen LogP contribution >= 0.6 is 0 Å². The maximum Gasteiger partial charge on any atom is 0.123 e. The van der Waals surface area contributed by atoms with Gasteiger partial charge in [0.25, 0.3) is 0 Å². The Bertz CT molecular complexity index is 394. The second kappa shape index (κ2) is 6.19. The minimum Gasteiger partial charge on any atom is -0.488 e. The van der Waals surface area contributed by atoms with E-state index < -0.39 is 0 Å². The molecule has 1 heterocycles. The Labute approximate surface area is 109 Å². The van der Waals surface area contributed by atoms with Gasteiger partial charge in [0.05, 0.1) is 0 Å². The third-order valence-corrected chi connectivity index (χ3v) is 3.53. The van der Waals surface area contributed by atoms with Gasteiger partial charge in [-0.15, -0.1) is 0 Å². The molecule has 0 aromatic heterocycles. The fourth-order valence-electron chi connectivity index (χ4n) is 2.50. The predicted octanol–water partition coefficient (Wildman–Crippen LogP) is 3.30. The molecule has 0 saturated carbocycles. The number of fused-ring (bicyclic) bond motifs is 1. The third kappa shape index (κ3) is 3.22. The van der Waals surface area contributed by atoms with E-state index in [1.54, 1.807) is 12.1 Å². The molecule has 1 aromatic carbocycles. The molecular weight excluding hydrogens is 229 g/mol. The van der Waals surface area contributed by atoms with Crippen LogP contribution in [0, 0.1) is 5.82 Å². The quantitative estimate of drug-likeness (QED) is 0.837. The summed E-state index contributed by atoms with van der Waals surface area (Å²) in [6.45, 7) is 5.25. The summed E-state index contributed by atoms with van der Waals surface area (Å²) < 4.78 is 18.9. The molecule has 2 nitrogen and oxygen atoms in total. The van der Waals surface area contributed by atoms with E-state index in [4.69, 9.17) is 4.74 Å².